The Labute approximate surface area is 155 Å². The maximum atomic E-state index is 12.9. The van der Waals surface area contributed by atoms with Crippen molar-refractivity contribution in [3.05, 3.63) is 59.4 Å². The molecule has 2 amide bonds. The summed E-state index contributed by atoms with van der Waals surface area (Å²) in [7, 11) is 0. The highest BCUT2D eigenvalue weighted by molar-refractivity contribution is 6.01. The molecule has 0 aliphatic rings. The number of nitrogens with one attached hydrogen (secondary N) is 1. The Morgan fingerprint density at radius 1 is 1.12 bits per heavy atom. The van der Waals surface area contributed by atoms with E-state index in [0.717, 1.165) is 22.4 Å². The molecule has 1 heterocycles. The van der Waals surface area contributed by atoms with Crippen molar-refractivity contribution in [2.24, 2.45) is 5.41 Å². The molecule has 138 valence electrons. The molecule has 2 rings (SSSR count). The Hall–Kier alpha value is -2.69. The van der Waals surface area contributed by atoms with Gasteiger partial charge >= 0.3 is 0 Å². The molecule has 5 nitrogen and oxygen atoms in total. The molecule has 0 bridgehead atoms. The van der Waals surface area contributed by atoms with Gasteiger partial charge in [-0.3, -0.25) is 14.6 Å². The van der Waals surface area contributed by atoms with E-state index in [4.69, 9.17) is 0 Å². The summed E-state index contributed by atoms with van der Waals surface area (Å²) >= 11 is 0. The lowest BCUT2D eigenvalue weighted by Gasteiger charge is -2.29. The van der Waals surface area contributed by atoms with Gasteiger partial charge in [-0.05, 0) is 48.7 Å². The standard InChI is InChI=1S/C21H27N3O2/c1-15-9-16(2)11-18(10-15)24(20(26)21(3,4)5)14-19(25)23-13-17-7-6-8-22-12-17/h6-12H,13-14H2,1-5H3,(H,23,25). The molecule has 0 fully saturated rings. The summed E-state index contributed by atoms with van der Waals surface area (Å²) in [5.74, 6) is -0.287. The number of aryl methyl sites for hydroxylation is 2. The second-order valence-corrected chi connectivity index (χ2v) is 7.63. The summed E-state index contributed by atoms with van der Waals surface area (Å²) in [6, 6.07) is 9.64. The number of hydrogen-bond acceptors (Lipinski definition) is 3. The number of nitrogens with zero attached hydrogens (tertiary/aromatic N) is 2. The van der Waals surface area contributed by atoms with E-state index >= 15 is 0 Å². The number of amides is 2. The Bertz CT molecular complexity index is 759. The molecule has 0 saturated heterocycles. The minimum Gasteiger partial charge on any atom is -0.350 e. The fourth-order valence-electron chi connectivity index (χ4n) is 2.69. The van der Waals surface area contributed by atoms with Crippen molar-refractivity contribution in [3.63, 3.8) is 0 Å². The SMILES string of the molecule is Cc1cc(C)cc(N(CC(=O)NCc2cccnc2)C(=O)C(C)(C)C)c1. The van der Waals surface area contributed by atoms with Crippen molar-refractivity contribution in [3.8, 4) is 0 Å². The quantitative estimate of drug-likeness (QED) is 0.896. The van der Waals surface area contributed by atoms with Gasteiger partial charge in [-0.15, -0.1) is 0 Å². The van der Waals surface area contributed by atoms with Crippen molar-refractivity contribution in [1.29, 1.82) is 0 Å². The first kappa shape index (κ1) is 19.6. The van der Waals surface area contributed by atoms with Crippen LogP contribution in [0.25, 0.3) is 0 Å². The Balaban J connectivity index is 2.18. The van der Waals surface area contributed by atoms with Crippen LogP contribution in [0.15, 0.2) is 42.7 Å². The van der Waals surface area contributed by atoms with E-state index < -0.39 is 5.41 Å². The number of benzene rings is 1. The fraction of sp³-hybridized carbons (Fsp3) is 0.381. The predicted octanol–water partition coefficient (Wildman–Crippen LogP) is 3.39. The Kier molecular flexibility index (Phi) is 6.14. The highest BCUT2D eigenvalue weighted by Crippen LogP contribution is 2.25. The number of carbonyl (C=O) groups is 2. The first-order valence-corrected chi connectivity index (χ1v) is 8.72. The van der Waals surface area contributed by atoms with Gasteiger partial charge in [-0.2, -0.15) is 0 Å². The van der Waals surface area contributed by atoms with Crippen LogP contribution in [0.1, 0.15) is 37.5 Å². The summed E-state index contributed by atoms with van der Waals surface area (Å²) in [5.41, 5.74) is 3.20. The number of anilines is 1. The third-order valence-corrected chi connectivity index (χ3v) is 3.92. The van der Waals surface area contributed by atoms with E-state index in [1.807, 2.05) is 65.0 Å². The van der Waals surface area contributed by atoms with Crippen LogP contribution in [-0.4, -0.2) is 23.3 Å². The summed E-state index contributed by atoms with van der Waals surface area (Å²) in [6.45, 7) is 9.92. The molecule has 26 heavy (non-hydrogen) atoms. The maximum absolute atomic E-state index is 12.9. The number of rotatable bonds is 5. The lowest BCUT2D eigenvalue weighted by molar-refractivity contribution is -0.128. The van der Waals surface area contributed by atoms with E-state index in [1.165, 1.54) is 0 Å². The first-order valence-electron chi connectivity index (χ1n) is 8.72. The lowest BCUT2D eigenvalue weighted by atomic mass is 9.94. The smallest absolute Gasteiger partial charge is 0.240 e. The summed E-state index contributed by atoms with van der Waals surface area (Å²) in [6.07, 6.45) is 3.40. The van der Waals surface area contributed by atoms with Crippen molar-refractivity contribution in [2.45, 2.75) is 41.2 Å². The topological polar surface area (TPSA) is 62.3 Å². The number of hydrogen-bond donors (Lipinski definition) is 1. The molecule has 0 radical (unpaired) electrons. The van der Waals surface area contributed by atoms with Gasteiger partial charge in [0.2, 0.25) is 11.8 Å². The fourth-order valence-corrected chi connectivity index (χ4v) is 2.69. The third-order valence-electron chi connectivity index (χ3n) is 3.92. The molecule has 2 aromatic rings. The maximum Gasteiger partial charge on any atom is 0.240 e. The van der Waals surface area contributed by atoms with Crippen LogP contribution >= 0.6 is 0 Å². The summed E-state index contributed by atoms with van der Waals surface area (Å²) < 4.78 is 0. The van der Waals surface area contributed by atoms with Crippen LogP contribution in [0, 0.1) is 19.3 Å². The summed E-state index contributed by atoms with van der Waals surface area (Å²) in [5, 5.41) is 2.86. The third kappa shape index (κ3) is 5.41. The van der Waals surface area contributed by atoms with E-state index in [9.17, 15) is 9.59 Å². The number of aromatic nitrogens is 1. The molecule has 1 N–H and O–H groups in total. The van der Waals surface area contributed by atoms with Crippen molar-refractivity contribution >= 4 is 17.5 Å². The molecule has 1 aromatic carbocycles. The molecular weight excluding hydrogens is 326 g/mol. The average Bonchev–Trinajstić information content (AvgIpc) is 2.56. The van der Waals surface area contributed by atoms with Crippen LogP contribution < -0.4 is 10.2 Å². The van der Waals surface area contributed by atoms with Crippen molar-refractivity contribution < 1.29 is 9.59 Å². The van der Waals surface area contributed by atoms with Crippen LogP contribution in [0.3, 0.4) is 0 Å². The van der Waals surface area contributed by atoms with Gasteiger partial charge in [0.25, 0.3) is 0 Å². The predicted molar refractivity (Wildman–Crippen MR) is 104 cm³/mol. The molecule has 0 saturated carbocycles. The van der Waals surface area contributed by atoms with Crippen LogP contribution in [0.4, 0.5) is 5.69 Å². The zero-order chi connectivity index (χ0) is 19.3. The van der Waals surface area contributed by atoms with Crippen LogP contribution in [0.5, 0.6) is 0 Å². The minimum absolute atomic E-state index is 0.0146. The highest BCUT2D eigenvalue weighted by atomic mass is 16.2. The number of pyridine rings is 1. The molecule has 0 aliphatic heterocycles. The molecule has 0 unspecified atom stereocenters. The highest BCUT2D eigenvalue weighted by Gasteiger charge is 2.29. The van der Waals surface area contributed by atoms with Gasteiger partial charge < -0.3 is 10.2 Å². The van der Waals surface area contributed by atoms with E-state index in [1.54, 1.807) is 17.3 Å². The molecule has 0 atom stereocenters. The molecule has 5 heteroatoms. The molecule has 0 spiro atoms. The lowest BCUT2D eigenvalue weighted by Crippen LogP contribution is -2.45. The van der Waals surface area contributed by atoms with Crippen molar-refractivity contribution in [1.82, 2.24) is 10.3 Å². The zero-order valence-electron chi connectivity index (χ0n) is 16.2. The van der Waals surface area contributed by atoms with Gasteiger partial charge in [0.1, 0.15) is 6.54 Å². The van der Waals surface area contributed by atoms with E-state index in [-0.39, 0.29) is 18.4 Å². The Morgan fingerprint density at radius 3 is 2.31 bits per heavy atom. The van der Waals surface area contributed by atoms with Crippen LogP contribution in [0.2, 0.25) is 0 Å². The first-order chi connectivity index (χ1) is 12.2. The van der Waals surface area contributed by atoms with Gasteiger partial charge in [0, 0.05) is 30.0 Å². The molecular formula is C21H27N3O2. The average molecular weight is 353 g/mol. The van der Waals surface area contributed by atoms with Crippen LogP contribution in [-0.2, 0) is 16.1 Å². The minimum atomic E-state index is -0.582. The van der Waals surface area contributed by atoms with E-state index in [0.29, 0.717) is 6.54 Å². The van der Waals surface area contributed by atoms with Gasteiger partial charge in [-0.1, -0.05) is 32.9 Å². The molecule has 0 aliphatic carbocycles. The van der Waals surface area contributed by atoms with Crippen molar-refractivity contribution in [2.75, 3.05) is 11.4 Å². The Morgan fingerprint density at radius 2 is 1.77 bits per heavy atom. The van der Waals surface area contributed by atoms with E-state index in [2.05, 4.69) is 10.3 Å². The largest absolute Gasteiger partial charge is 0.350 e. The van der Waals surface area contributed by atoms with Gasteiger partial charge in [0.15, 0.2) is 0 Å². The number of carbonyl (C=O) groups excluding carboxylic acids is 2. The second kappa shape index (κ2) is 8.13. The van der Waals surface area contributed by atoms with Gasteiger partial charge in [-0.25, -0.2) is 0 Å². The molecule has 1 aromatic heterocycles. The second-order valence-electron chi connectivity index (χ2n) is 7.63. The summed E-state index contributed by atoms with van der Waals surface area (Å²) in [4.78, 5) is 31.0. The monoisotopic (exact) mass is 353 g/mol. The van der Waals surface area contributed by atoms with Gasteiger partial charge in [0.05, 0.1) is 0 Å². The zero-order valence-corrected chi connectivity index (χ0v) is 16.2. The normalized spacial score (nSPS) is 11.1.